The molecule has 0 saturated heterocycles. The van der Waals surface area contributed by atoms with Gasteiger partial charge in [-0.05, 0) is 18.8 Å². The fourth-order valence-corrected chi connectivity index (χ4v) is 0.569. The minimum atomic E-state index is -0.650. The fraction of sp³-hybridized carbons (Fsp3) is 0.800. The van der Waals surface area contributed by atoms with E-state index < -0.39 is 5.97 Å². The van der Waals surface area contributed by atoms with E-state index in [0.29, 0.717) is 12.3 Å². The van der Waals surface area contributed by atoms with Crippen molar-refractivity contribution in [3.63, 3.8) is 0 Å². The Bertz CT molecular complexity index is 91.0. The van der Waals surface area contributed by atoms with Crippen molar-refractivity contribution in [3.05, 3.63) is 0 Å². The van der Waals surface area contributed by atoms with Crippen molar-refractivity contribution < 1.29 is 9.90 Å². The Morgan fingerprint density at radius 3 is 2.00 bits per heavy atom. The molecule has 0 aromatic rings. The first-order valence-corrected chi connectivity index (χ1v) is 2.51. The van der Waals surface area contributed by atoms with E-state index in [1.807, 2.05) is 0 Å². The van der Waals surface area contributed by atoms with Crippen molar-refractivity contribution in [2.24, 2.45) is 5.92 Å². The normalized spacial score (nSPS) is 15.1. The zero-order chi connectivity index (χ0) is 5.28. The molecule has 0 aliphatic heterocycles. The van der Waals surface area contributed by atoms with Gasteiger partial charge in [-0.2, -0.15) is 0 Å². The summed E-state index contributed by atoms with van der Waals surface area (Å²) in [5, 5.41) is 8.12. The van der Waals surface area contributed by atoms with E-state index in [2.05, 4.69) is 0 Å². The van der Waals surface area contributed by atoms with Gasteiger partial charge >= 0.3 is 65.1 Å². The zero-order valence-electron chi connectivity index (χ0n) is 4.05. The second-order valence-corrected chi connectivity index (χ2v) is 2.04. The summed E-state index contributed by atoms with van der Waals surface area (Å²) in [6.07, 6.45) is 2.65. The first kappa shape index (κ1) is 13.1. The molecule has 0 aromatic heterocycles. The molecule has 4 heteroatoms. The van der Waals surface area contributed by atoms with Crippen molar-refractivity contribution in [1.29, 1.82) is 0 Å². The molecule has 0 bridgehead atoms. The Hall–Kier alpha value is 1.47. The van der Waals surface area contributed by atoms with Gasteiger partial charge in [-0.15, -0.1) is 0 Å². The van der Waals surface area contributed by atoms with Crippen molar-refractivity contribution in [2.75, 3.05) is 0 Å². The van der Waals surface area contributed by atoms with Crippen LogP contribution < -0.4 is 0 Å². The van der Waals surface area contributed by atoms with E-state index in [4.69, 9.17) is 5.11 Å². The molecule has 1 aliphatic rings. The molecule has 0 amide bonds. The van der Waals surface area contributed by atoms with E-state index in [-0.39, 0.29) is 59.1 Å². The molecular formula is C5H10Na2O2. The minimum absolute atomic E-state index is 0. The summed E-state index contributed by atoms with van der Waals surface area (Å²) in [7, 11) is 0. The van der Waals surface area contributed by atoms with Gasteiger partial charge in [0.25, 0.3) is 0 Å². The third-order valence-electron chi connectivity index (χ3n) is 1.16. The van der Waals surface area contributed by atoms with Crippen molar-refractivity contribution >= 4 is 65.1 Å². The first-order chi connectivity index (χ1) is 3.29. The topological polar surface area (TPSA) is 37.3 Å². The summed E-state index contributed by atoms with van der Waals surface area (Å²) in [5.74, 6) is -0.125. The maximum absolute atomic E-state index is 9.85. The van der Waals surface area contributed by atoms with Crippen molar-refractivity contribution in [2.45, 2.75) is 19.3 Å². The van der Waals surface area contributed by atoms with Gasteiger partial charge in [-0.25, -0.2) is 0 Å². The van der Waals surface area contributed by atoms with E-state index in [0.717, 1.165) is 12.8 Å². The summed E-state index contributed by atoms with van der Waals surface area (Å²) < 4.78 is 0. The molecule has 0 atom stereocenters. The van der Waals surface area contributed by atoms with Crippen LogP contribution in [0.3, 0.4) is 0 Å². The molecule has 0 heterocycles. The van der Waals surface area contributed by atoms with Crippen LogP contribution in [0.5, 0.6) is 0 Å². The van der Waals surface area contributed by atoms with Gasteiger partial charge < -0.3 is 5.11 Å². The van der Waals surface area contributed by atoms with Crippen LogP contribution in [-0.2, 0) is 4.79 Å². The molecule has 0 radical (unpaired) electrons. The third kappa shape index (κ3) is 7.37. The Morgan fingerprint density at radius 2 is 1.89 bits per heavy atom. The predicted molar refractivity (Wildman–Crippen MR) is 39.3 cm³/mol. The molecule has 0 aromatic carbocycles. The van der Waals surface area contributed by atoms with Crippen molar-refractivity contribution in [1.82, 2.24) is 0 Å². The average molecular weight is 148 g/mol. The Labute approximate surface area is 99.0 Å². The predicted octanol–water partition coefficient (Wildman–Crippen LogP) is -0.426. The van der Waals surface area contributed by atoms with Crippen LogP contribution in [0.25, 0.3) is 0 Å². The average Bonchev–Trinajstić information content (AvgIpc) is 2.17. The zero-order valence-corrected chi connectivity index (χ0v) is 4.05. The summed E-state index contributed by atoms with van der Waals surface area (Å²) >= 11 is 0. The fourth-order valence-electron chi connectivity index (χ4n) is 0.569. The van der Waals surface area contributed by atoms with Gasteiger partial charge in [0.2, 0.25) is 0 Å². The van der Waals surface area contributed by atoms with E-state index in [9.17, 15) is 4.79 Å². The molecule has 0 spiro atoms. The Balaban J connectivity index is 0. The SMILES string of the molecule is O=C(O)CC1CC1.[NaH].[NaH]. The van der Waals surface area contributed by atoms with Gasteiger partial charge in [0, 0.05) is 6.42 Å². The summed E-state index contributed by atoms with van der Waals surface area (Å²) in [6, 6.07) is 0. The van der Waals surface area contributed by atoms with E-state index >= 15 is 0 Å². The second-order valence-electron chi connectivity index (χ2n) is 2.04. The van der Waals surface area contributed by atoms with Crippen molar-refractivity contribution in [3.8, 4) is 0 Å². The van der Waals surface area contributed by atoms with Gasteiger partial charge in [0.1, 0.15) is 0 Å². The van der Waals surface area contributed by atoms with E-state index in [1.54, 1.807) is 0 Å². The van der Waals surface area contributed by atoms with Gasteiger partial charge in [0.15, 0.2) is 0 Å². The van der Waals surface area contributed by atoms with E-state index in [1.165, 1.54) is 0 Å². The number of hydrogen-bond acceptors (Lipinski definition) is 1. The molecule has 1 saturated carbocycles. The standard InChI is InChI=1S/C5H8O2.2Na.2H/c6-5(7)3-4-1-2-4;;;;/h4H,1-3H2,(H,6,7);;;;. The van der Waals surface area contributed by atoms with Gasteiger partial charge in [-0.1, -0.05) is 0 Å². The molecule has 44 valence electrons. The van der Waals surface area contributed by atoms with Crippen LogP contribution in [0.2, 0.25) is 0 Å². The first-order valence-electron chi connectivity index (χ1n) is 2.51. The Kier molecular flexibility index (Phi) is 9.01. The number of carboxylic acids is 1. The number of hydrogen-bond donors (Lipinski definition) is 1. The molecule has 2 nitrogen and oxygen atoms in total. The molecule has 0 unspecified atom stereocenters. The van der Waals surface area contributed by atoms with Crippen LogP contribution in [-0.4, -0.2) is 70.2 Å². The number of carboxylic acid groups (broad SMARTS) is 1. The van der Waals surface area contributed by atoms with Gasteiger partial charge in [-0.3, -0.25) is 4.79 Å². The molecule has 1 aliphatic carbocycles. The van der Waals surface area contributed by atoms with Crippen LogP contribution in [0.4, 0.5) is 0 Å². The summed E-state index contributed by atoms with van der Waals surface area (Å²) in [5.41, 5.74) is 0. The number of carbonyl (C=O) groups is 1. The van der Waals surface area contributed by atoms with Crippen LogP contribution in [0.15, 0.2) is 0 Å². The quantitative estimate of drug-likeness (QED) is 0.540. The van der Waals surface area contributed by atoms with Crippen LogP contribution >= 0.6 is 0 Å². The summed E-state index contributed by atoms with van der Waals surface area (Å²) in [6.45, 7) is 0. The van der Waals surface area contributed by atoms with Crippen LogP contribution in [0.1, 0.15) is 19.3 Å². The van der Waals surface area contributed by atoms with Crippen LogP contribution in [0, 0.1) is 5.92 Å². The second kappa shape index (κ2) is 6.20. The molecule has 1 rings (SSSR count). The Morgan fingerprint density at radius 1 is 1.44 bits per heavy atom. The maximum atomic E-state index is 9.85. The van der Waals surface area contributed by atoms with Gasteiger partial charge in [0.05, 0.1) is 0 Å². The molecular weight excluding hydrogens is 138 g/mol. The molecule has 1 N–H and O–H groups in total. The monoisotopic (exact) mass is 148 g/mol. The third-order valence-corrected chi connectivity index (χ3v) is 1.16. The molecule has 1 fully saturated rings. The number of aliphatic carboxylic acids is 1. The summed E-state index contributed by atoms with van der Waals surface area (Å²) in [4.78, 5) is 9.85. The molecule has 9 heavy (non-hydrogen) atoms. The number of rotatable bonds is 2.